The first-order valence-electron chi connectivity index (χ1n) is 4.54. The van der Waals surface area contributed by atoms with Gasteiger partial charge in [0.1, 0.15) is 6.67 Å². The molecule has 12 heavy (non-hydrogen) atoms. The van der Waals surface area contributed by atoms with Gasteiger partial charge in [0.25, 0.3) is 0 Å². The smallest absolute Gasteiger partial charge is 0.102 e. The molecule has 0 radical (unpaired) electrons. The first kappa shape index (κ1) is 11.8. The van der Waals surface area contributed by atoms with Crippen molar-refractivity contribution in [3.63, 3.8) is 0 Å². The first-order chi connectivity index (χ1) is 5.55. The van der Waals surface area contributed by atoms with E-state index in [1.165, 1.54) is 0 Å². The molecule has 0 aromatic heterocycles. The monoisotopic (exact) mass is 176 g/mol. The van der Waals surface area contributed by atoms with Gasteiger partial charge in [0.15, 0.2) is 0 Å². The van der Waals surface area contributed by atoms with E-state index in [9.17, 15) is 4.39 Å². The number of rotatable bonds is 6. The van der Waals surface area contributed by atoms with Crippen molar-refractivity contribution in [1.82, 2.24) is 4.90 Å². The third-order valence-electron chi connectivity index (χ3n) is 2.05. The number of nitrogens with two attached hydrogens (primary N) is 1. The Bertz CT molecular complexity index is 115. The second-order valence-electron chi connectivity index (χ2n) is 3.93. The molecule has 0 saturated carbocycles. The van der Waals surface area contributed by atoms with Crippen LogP contribution in [0.3, 0.4) is 0 Å². The minimum Gasteiger partial charge on any atom is -0.330 e. The summed E-state index contributed by atoms with van der Waals surface area (Å²) in [6.45, 7) is 8.94. The van der Waals surface area contributed by atoms with Crippen LogP contribution in [0.1, 0.15) is 20.8 Å². The Morgan fingerprint density at radius 2 is 2.00 bits per heavy atom. The molecule has 0 aliphatic carbocycles. The van der Waals surface area contributed by atoms with Gasteiger partial charge in [-0.3, -0.25) is 0 Å². The number of nitrogens with zero attached hydrogens (tertiary/aromatic N) is 1. The van der Waals surface area contributed by atoms with E-state index >= 15 is 0 Å². The van der Waals surface area contributed by atoms with Crippen LogP contribution in [0.2, 0.25) is 0 Å². The predicted molar refractivity (Wildman–Crippen MR) is 50.9 cm³/mol. The highest BCUT2D eigenvalue weighted by Gasteiger charge is 2.18. The molecule has 3 heteroatoms. The van der Waals surface area contributed by atoms with E-state index in [2.05, 4.69) is 18.7 Å². The van der Waals surface area contributed by atoms with Crippen LogP contribution in [-0.2, 0) is 0 Å². The van der Waals surface area contributed by atoms with Gasteiger partial charge in [0.2, 0.25) is 0 Å². The molecule has 0 aliphatic heterocycles. The Hall–Kier alpha value is -0.150. The van der Waals surface area contributed by atoms with Gasteiger partial charge in [-0.2, -0.15) is 0 Å². The zero-order valence-electron chi connectivity index (χ0n) is 8.44. The minimum atomic E-state index is -0.269. The van der Waals surface area contributed by atoms with Crippen LogP contribution in [0.5, 0.6) is 0 Å². The van der Waals surface area contributed by atoms with Crippen molar-refractivity contribution in [2.45, 2.75) is 20.8 Å². The standard InChI is InChI=1S/C9H21FN2/c1-4-12(6-5-10)8-9(2,3)7-11/h4-8,11H2,1-3H3. The zero-order valence-corrected chi connectivity index (χ0v) is 8.44. The zero-order chi connectivity index (χ0) is 9.61. The molecule has 2 N–H and O–H groups in total. The summed E-state index contributed by atoms with van der Waals surface area (Å²) < 4.78 is 12.0. The van der Waals surface area contributed by atoms with E-state index in [4.69, 9.17) is 5.73 Å². The van der Waals surface area contributed by atoms with Gasteiger partial charge in [0, 0.05) is 13.1 Å². The average molecular weight is 176 g/mol. The van der Waals surface area contributed by atoms with Gasteiger partial charge in [-0.1, -0.05) is 20.8 Å². The maximum absolute atomic E-state index is 12.0. The topological polar surface area (TPSA) is 29.3 Å². The minimum absolute atomic E-state index is 0.102. The van der Waals surface area contributed by atoms with E-state index in [1.54, 1.807) is 0 Å². The Kier molecular flexibility index (Phi) is 5.42. The van der Waals surface area contributed by atoms with Gasteiger partial charge in [0.05, 0.1) is 0 Å². The summed E-state index contributed by atoms with van der Waals surface area (Å²) in [4.78, 5) is 2.09. The molecule has 0 rings (SSSR count). The van der Waals surface area contributed by atoms with Crippen molar-refractivity contribution in [2.75, 3.05) is 32.9 Å². The van der Waals surface area contributed by atoms with Gasteiger partial charge >= 0.3 is 0 Å². The van der Waals surface area contributed by atoms with E-state index in [1.807, 2.05) is 6.92 Å². The van der Waals surface area contributed by atoms with Crippen LogP contribution in [0.4, 0.5) is 4.39 Å². The third kappa shape index (κ3) is 4.67. The fourth-order valence-corrected chi connectivity index (χ4v) is 1.14. The summed E-state index contributed by atoms with van der Waals surface area (Å²) in [5.74, 6) is 0. The van der Waals surface area contributed by atoms with E-state index in [-0.39, 0.29) is 12.1 Å². The van der Waals surface area contributed by atoms with Crippen molar-refractivity contribution >= 4 is 0 Å². The lowest BCUT2D eigenvalue weighted by molar-refractivity contribution is 0.178. The second kappa shape index (κ2) is 5.49. The highest BCUT2D eigenvalue weighted by atomic mass is 19.1. The number of alkyl halides is 1. The number of hydrogen-bond donors (Lipinski definition) is 1. The molecule has 0 bridgehead atoms. The molecule has 2 nitrogen and oxygen atoms in total. The van der Waals surface area contributed by atoms with Crippen molar-refractivity contribution < 1.29 is 4.39 Å². The normalized spacial score (nSPS) is 12.5. The van der Waals surface area contributed by atoms with Crippen LogP contribution >= 0.6 is 0 Å². The van der Waals surface area contributed by atoms with E-state index < -0.39 is 0 Å². The average Bonchev–Trinajstić information content (AvgIpc) is 2.03. The summed E-state index contributed by atoms with van der Waals surface area (Å²) >= 11 is 0. The fraction of sp³-hybridized carbons (Fsp3) is 1.00. The SMILES string of the molecule is CCN(CCF)CC(C)(C)CN. The van der Waals surface area contributed by atoms with Crippen LogP contribution in [0.15, 0.2) is 0 Å². The second-order valence-corrected chi connectivity index (χ2v) is 3.93. The molecule has 0 saturated heterocycles. The van der Waals surface area contributed by atoms with Gasteiger partial charge in [-0.15, -0.1) is 0 Å². The Labute approximate surface area is 74.9 Å². The van der Waals surface area contributed by atoms with Crippen LogP contribution in [0.25, 0.3) is 0 Å². The fourth-order valence-electron chi connectivity index (χ4n) is 1.14. The quantitative estimate of drug-likeness (QED) is 0.660. The highest BCUT2D eigenvalue weighted by molar-refractivity contribution is 4.73. The van der Waals surface area contributed by atoms with Gasteiger partial charge in [-0.25, -0.2) is 4.39 Å². The molecular weight excluding hydrogens is 155 g/mol. The van der Waals surface area contributed by atoms with Crippen molar-refractivity contribution in [3.8, 4) is 0 Å². The molecular formula is C9H21FN2. The van der Waals surface area contributed by atoms with Crippen LogP contribution < -0.4 is 5.73 Å². The molecule has 0 aromatic rings. The van der Waals surface area contributed by atoms with E-state index in [0.29, 0.717) is 13.1 Å². The molecule has 0 aromatic carbocycles. The third-order valence-corrected chi connectivity index (χ3v) is 2.05. The molecule has 74 valence electrons. The van der Waals surface area contributed by atoms with Gasteiger partial charge in [-0.05, 0) is 18.5 Å². The molecule has 0 amide bonds. The molecule has 0 aliphatic rings. The van der Waals surface area contributed by atoms with E-state index in [0.717, 1.165) is 13.1 Å². The lowest BCUT2D eigenvalue weighted by Crippen LogP contribution is -2.39. The Morgan fingerprint density at radius 3 is 2.33 bits per heavy atom. The summed E-state index contributed by atoms with van der Waals surface area (Å²) in [6, 6.07) is 0. The van der Waals surface area contributed by atoms with Crippen LogP contribution in [-0.4, -0.2) is 37.8 Å². The number of hydrogen-bond acceptors (Lipinski definition) is 2. The molecule has 0 fully saturated rings. The highest BCUT2D eigenvalue weighted by Crippen LogP contribution is 2.14. The maximum atomic E-state index is 12.0. The largest absolute Gasteiger partial charge is 0.330 e. The summed E-state index contributed by atoms with van der Waals surface area (Å²) in [5.41, 5.74) is 5.69. The molecule has 0 atom stereocenters. The molecule has 0 heterocycles. The lowest BCUT2D eigenvalue weighted by atomic mass is 9.93. The number of halogens is 1. The van der Waals surface area contributed by atoms with Crippen molar-refractivity contribution in [3.05, 3.63) is 0 Å². The lowest BCUT2D eigenvalue weighted by Gasteiger charge is -2.30. The Morgan fingerprint density at radius 1 is 1.42 bits per heavy atom. The summed E-state index contributed by atoms with van der Waals surface area (Å²) in [6.07, 6.45) is 0. The van der Waals surface area contributed by atoms with Crippen LogP contribution in [0, 0.1) is 5.41 Å². The van der Waals surface area contributed by atoms with Crippen molar-refractivity contribution in [1.29, 1.82) is 0 Å². The first-order valence-corrected chi connectivity index (χ1v) is 4.54. The summed E-state index contributed by atoms with van der Waals surface area (Å²) in [7, 11) is 0. The van der Waals surface area contributed by atoms with Crippen molar-refractivity contribution in [2.24, 2.45) is 11.1 Å². The predicted octanol–water partition coefficient (Wildman–Crippen LogP) is 1.26. The molecule has 0 spiro atoms. The molecule has 0 unspecified atom stereocenters. The van der Waals surface area contributed by atoms with Gasteiger partial charge < -0.3 is 10.6 Å². The maximum Gasteiger partial charge on any atom is 0.102 e. The Balaban J connectivity index is 3.83. The summed E-state index contributed by atoms with van der Waals surface area (Å²) in [5, 5.41) is 0.